The molecule has 0 atom stereocenters. The predicted octanol–water partition coefficient (Wildman–Crippen LogP) is 7.61. The lowest BCUT2D eigenvalue weighted by molar-refractivity contribution is -0.138. The van der Waals surface area contributed by atoms with Crippen LogP contribution in [0.25, 0.3) is 5.69 Å². The molecule has 8 nitrogen and oxygen atoms in total. The maximum Gasteiger partial charge on any atom is 0.303 e. The van der Waals surface area contributed by atoms with Gasteiger partial charge in [-0.2, -0.15) is 5.10 Å². The van der Waals surface area contributed by atoms with Gasteiger partial charge in [-0.25, -0.2) is 9.67 Å². The van der Waals surface area contributed by atoms with Gasteiger partial charge in [-0.15, -0.1) is 0 Å². The first-order chi connectivity index (χ1) is 21.6. The molecule has 4 aliphatic rings. The molecule has 8 heteroatoms. The molecule has 0 aliphatic heterocycles. The molecule has 0 saturated heterocycles. The molecule has 7 rings (SSSR count). The van der Waals surface area contributed by atoms with Crippen LogP contribution in [0, 0.1) is 24.2 Å². The lowest BCUT2D eigenvalue weighted by atomic mass is 9.51. The molecule has 2 aromatic heterocycles. The van der Waals surface area contributed by atoms with E-state index in [1.165, 1.54) is 16.7 Å². The van der Waals surface area contributed by atoms with Crippen molar-refractivity contribution in [2.24, 2.45) is 17.3 Å². The van der Waals surface area contributed by atoms with Gasteiger partial charge < -0.3 is 9.84 Å². The number of nitrogens with zero attached hydrogens (tertiary/aromatic N) is 4. The molecule has 0 spiro atoms. The summed E-state index contributed by atoms with van der Waals surface area (Å²) >= 11 is 0. The fraction of sp³-hybridized carbons (Fsp3) is 0.568. The minimum atomic E-state index is -0.749. The highest BCUT2D eigenvalue weighted by Crippen LogP contribution is 2.58. The van der Waals surface area contributed by atoms with Crippen LogP contribution in [0.4, 0.5) is 5.82 Å². The Bertz CT molecular complexity index is 1510. The van der Waals surface area contributed by atoms with Crippen molar-refractivity contribution in [2.45, 2.75) is 103 Å². The highest BCUT2D eigenvalue weighted by molar-refractivity contribution is 5.94. The van der Waals surface area contributed by atoms with E-state index in [1.54, 1.807) is 13.3 Å². The number of aryl methyl sites for hydroxylation is 1. The summed E-state index contributed by atoms with van der Waals surface area (Å²) in [4.78, 5) is 32.5. The molecule has 4 fully saturated rings. The number of pyridine rings is 1. The van der Waals surface area contributed by atoms with Crippen molar-refractivity contribution in [2.75, 3.05) is 18.6 Å². The molecule has 3 aromatic rings. The zero-order valence-electron chi connectivity index (χ0n) is 27.3. The quantitative estimate of drug-likeness (QED) is 0.253. The first-order valence-electron chi connectivity index (χ1n) is 16.8. The van der Waals surface area contributed by atoms with Crippen molar-refractivity contribution in [3.05, 3.63) is 65.6 Å². The maximum atomic E-state index is 14.4. The molecule has 1 N–H and O–H groups in total. The summed E-state index contributed by atoms with van der Waals surface area (Å²) < 4.78 is 7.41. The zero-order chi connectivity index (χ0) is 31.8. The summed E-state index contributed by atoms with van der Waals surface area (Å²) in [6, 6.07) is 10.7. The first kappa shape index (κ1) is 31.3. The monoisotopic (exact) mass is 612 g/mol. The molecule has 1 aromatic carbocycles. The zero-order valence-corrected chi connectivity index (χ0v) is 27.3. The minimum Gasteiger partial charge on any atom is -0.496 e. The van der Waals surface area contributed by atoms with Gasteiger partial charge in [0, 0.05) is 37.3 Å². The van der Waals surface area contributed by atoms with Crippen molar-refractivity contribution >= 4 is 17.7 Å². The van der Waals surface area contributed by atoms with E-state index in [-0.39, 0.29) is 35.0 Å². The molecule has 0 unspecified atom stereocenters. The number of amides is 1. The van der Waals surface area contributed by atoms with E-state index in [2.05, 4.69) is 50.3 Å². The number of carboxylic acid groups (broad SMARTS) is 1. The van der Waals surface area contributed by atoms with Gasteiger partial charge in [-0.1, -0.05) is 26.0 Å². The van der Waals surface area contributed by atoms with Crippen molar-refractivity contribution in [3.63, 3.8) is 0 Å². The first-order valence-corrected chi connectivity index (χ1v) is 16.8. The number of anilines is 1. The highest BCUT2D eigenvalue weighted by Gasteiger charge is 2.51. The third-order valence-electron chi connectivity index (χ3n) is 11.4. The predicted molar refractivity (Wildman–Crippen MR) is 175 cm³/mol. The van der Waals surface area contributed by atoms with Crippen LogP contribution < -0.4 is 9.64 Å². The van der Waals surface area contributed by atoms with E-state index in [0.29, 0.717) is 18.3 Å². The van der Waals surface area contributed by atoms with E-state index < -0.39 is 5.97 Å². The summed E-state index contributed by atoms with van der Waals surface area (Å²) in [5, 5.41) is 13.9. The molecule has 4 saturated carbocycles. The number of carbonyl (C=O) groups is 2. The number of rotatable bonds is 10. The van der Waals surface area contributed by atoms with Crippen molar-refractivity contribution in [1.29, 1.82) is 0 Å². The van der Waals surface area contributed by atoms with E-state index >= 15 is 0 Å². The summed E-state index contributed by atoms with van der Waals surface area (Å²) in [6.45, 7) is 7.11. The van der Waals surface area contributed by atoms with Crippen LogP contribution in [0.2, 0.25) is 0 Å². The number of aromatic nitrogens is 3. The Balaban J connectivity index is 1.25. The topological polar surface area (TPSA) is 97.6 Å². The molecule has 0 radical (unpaired) electrons. The average molecular weight is 613 g/mol. The molecular weight excluding hydrogens is 564 g/mol. The molecule has 2 bridgehead atoms. The Hall–Kier alpha value is -3.68. The number of benzene rings is 1. The molecular formula is C37H48N4O4. The van der Waals surface area contributed by atoms with Crippen LogP contribution in [0.5, 0.6) is 5.75 Å². The van der Waals surface area contributed by atoms with Crippen LogP contribution in [-0.2, 0) is 15.0 Å². The molecule has 45 heavy (non-hydrogen) atoms. The minimum absolute atomic E-state index is 0.0631. The number of ether oxygens (including phenoxy) is 1. The van der Waals surface area contributed by atoms with Crippen molar-refractivity contribution in [3.8, 4) is 11.4 Å². The number of carbonyl (C=O) groups excluding carboxylic acids is 1. The van der Waals surface area contributed by atoms with E-state index in [0.717, 1.165) is 75.6 Å². The third kappa shape index (κ3) is 6.38. The Morgan fingerprint density at radius 3 is 2.36 bits per heavy atom. The van der Waals surface area contributed by atoms with Gasteiger partial charge in [0.15, 0.2) is 0 Å². The van der Waals surface area contributed by atoms with E-state index in [1.807, 2.05) is 27.9 Å². The number of methoxy groups -OCH3 is 1. The van der Waals surface area contributed by atoms with Gasteiger partial charge in [0.1, 0.15) is 11.6 Å². The summed E-state index contributed by atoms with van der Waals surface area (Å²) in [6.07, 6.45) is 15.6. The number of carboxylic acids is 1. The second-order valence-corrected chi connectivity index (χ2v) is 14.4. The Kier molecular flexibility index (Phi) is 8.77. The van der Waals surface area contributed by atoms with E-state index in [4.69, 9.17) is 9.72 Å². The van der Waals surface area contributed by atoms with Crippen LogP contribution in [-0.4, -0.2) is 45.4 Å². The van der Waals surface area contributed by atoms with Gasteiger partial charge in [0.25, 0.3) is 0 Å². The Labute approximate surface area is 267 Å². The van der Waals surface area contributed by atoms with Crippen LogP contribution in [0.15, 0.2) is 48.9 Å². The normalized spacial score (nSPS) is 26.2. The van der Waals surface area contributed by atoms with Crippen LogP contribution in [0.3, 0.4) is 0 Å². The maximum absolute atomic E-state index is 14.4. The van der Waals surface area contributed by atoms with Gasteiger partial charge in [-0.05, 0) is 123 Å². The highest BCUT2D eigenvalue weighted by atomic mass is 16.5. The molecule has 1 amide bonds. The van der Waals surface area contributed by atoms with E-state index in [9.17, 15) is 14.7 Å². The number of hydrogen-bond acceptors (Lipinski definition) is 5. The Morgan fingerprint density at radius 2 is 1.76 bits per heavy atom. The molecule has 4 aliphatic carbocycles. The van der Waals surface area contributed by atoms with Gasteiger partial charge in [0.2, 0.25) is 5.91 Å². The largest absolute Gasteiger partial charge is 0.496 e. The second-order valence-electron chi connectivity index (χ2n) is 14.4. The number of fused-ring (bicyclic) bond motifs is 3. The van der Waals surface area contributed by atoms with Gasteiger partial charge >= 0.3 is 5.97 Å². The standard InChI is InChI=1S/C37H48N4O4/c1-25(2)29-22-39-41(23-29)31-11-18-38-33(21-31)40(35(44)28-7-5-27(6-8-28)20-34(42)43)24-36-12-15-37(16-13-36,17-14-36)30-9-10-32(45-4)26(3)19-30/h9-11,18-19,21-23,25,27-28H,5-8,12-17,20,24H2,1-4H3,(H,42,43). The third-order valence-corrected chi connectivity index (χ3v) is 11.4. The van der Waals surface area contributed by atoms with Crippen LogP contribution >= 0.6 is 0 Å². The van der Waals surface area contributed by atoms with Crippen molar-refractivity contribution < 1.29 is 19.4 Å². The number of hydrogen-bond donors (Lipinski definition) is 1. The van der Waals surface area contributed by atoms with Gasteiger partial charge in [-0.3, -0.25) is 14.5 Å². The second kappa shape index (κ2) is 12.6. The summed E-state index contributed by atoms with van der Waals surface area (Å²) in [5.74, 6) is 1.44. The lowest BCUT2D eigenvalue weighted by Gasteiger charge is -2.55. The Morgan fingerprint density at radius 1 is 1.04 bits per heavy atom. The summed E-state index contributed by atoms with van der Waals surface area (Å²) in [7, 11) is 1.73. The molecule has 2 heterocycles. The lowest BCUT2D eigenvalue weighted by Crippen LogP contribution is -2.52. The fourth-order valence-electron chi connectivity index (χ4n) is 8.30. The fourth-order valence-corrected chi connectivity index (χ4v) is 8.30. The summed E-state index contributed by atoms with van der Waals surface area (Å²) in [5.41, 5.74) is 4.93. The van der Waals surface area contributed by atoms with Gasteiger partial charge in [0.05, 0.1) is 19.0 Å². The molecule has 240 valence electrons. The van der Waals surface area contributed by atoms with Crippen molar-refractivity contribution in [1.82, 2.24) is 14.8 Å². The average Bonchev–Trinajstić information content (AvgIpc) is 3.56. The van der Waals surface area contributed by atoms with Crippen LogP contribution in [0.1, 0.15) is 107 Å². The smallest absolute Gasteiger partial charge is 0.303 e. The SMILES string of the molecule is COc1ccc(C23CCC(CN(C(=O)C4CCC(CC(=O)O)CC4)c4cc(-n5cc(C(C)C)cn5)ccn4)(CC2)CC3)cc1C. The number of aliphatic carboxylic acids is 1.